The maximum Gasteiger partial charge on any atom is 0.417 e. The number of hydrogen-bond acceptors (Lipinski definition) is 1. The number of rotatable bonds is 1. The summed E-state index contributed by atoms with van der Waals surface area (Å²) in [5, 5.41) is 9.23. The Balaban J connectivity index is 2.69. The van der Waals surface area contributed by atoms with Crippen molar-refractivity contribution >= 4 is 0 Å². The van der Waals surface area contributed by atoms with Gasteiger partial charge in [0.15, 0.2) is 5.60 Å². The van der Waals surface area contributed by atoms with Crippen LogP contribution in [0.2, 0.25) is 0 Å². The third-order valence-electron chi connectivity index (χ3n) is 2.72. The Bertz CT molecular complexity index is 156. The molecule has 0 bridgehead atoms. The molecule has 0 spiro atoms. The molecular weight excluding hydrogens is 169 g/mol. The molecule has 0 heterocycles. The second-order valence-corrected chi connectivity index (χ2v) is 3.63. The third kappa shape index (κ3) is 1.58. The molecule has 1 N–H and O–H groups in total. The van der Waals surface area contributed by atoms with Crippen LogP contribution in [-0.4, -0.2) is 16.9 Å². The molecule has 1 fully saturated rings. The van der Waals surface area contributed by atoms with Gasteiger partial charge in [-0.25, -0.2) is 0 Å². The molecule has 1 aliphatic carbocycles. The first-order valence-corrected chi connectivity index (χ1v) is 4.15. The molecular formula is C8H13F3O. The van der Waals surface area contributed by atoms with E-state index >= 15 is 0 Å². The largest absolute Gasteiger partial charge is 0.417 e. The summed E-state index contributed by atoms with van der Waals surface area (Å²) in [5.74, 6) is -0.600. The fourth-order valence-corrected chi connectivity index (χ4v) is 1.72. The minimum atomic E-state index is -4.48. The molecule has 4 heteroatoms. The first kappa shape index (κ1) is 9.84. The van der Waals surface area contributed by atoms with Crippen molar-refractivity contribution in [3.63, 3.8) is 0 Å². The van der Waals surface area contributed by atoms with Crippen LogP contribution in [-0.2, 0) is 0 Å². The van der Waals surface area contributed by atoms with E-state index in [1.165, 1.54) is 0 Å². The van der Waals surface area contributed by atoms with Crippen LogP contribution < -0.4 is 0 Å². The number of hydrogen-bond donors (Lipinski definition) is 1. The summed E-state index contributed by atoms with van der Waals surface area (Å²) >= 11 is 0. The van der Waals surface area contributed by atoms with Crippen molar-refractivity contribution in [2.75, 3.05) is 0 Å². The molecule has 0 aromatic heterocycles. The standard InChI is InChI=1S/C8H13F3O/c1-7(12,8(9,10)11)6-4-2-3-5-6/h6,12H,2-5H2,1H3. The van der Waals surface area contributed by atoms with Crippen molar-refractivity contribution in [3.8, 4) is 0 Å². The topological polar surface area (TPSA) is 20.2 Å². The van der Waals surface area contributed by atoms with E-state index in [2.05, 4.69) is 0 Å². The van der Waals surface area contributed by atoms with Crippen LogP contribution in [0, 0.1) is 5.92 Å². The quantitative estimate of drug-likeness (QED) is 0.660. The average molecular weight is 182 g/mol. The molecule has 0 radical (unpaired) electrons. The van der Waals surface area contributed by atoms with Gasteiger partial charge in [0.2, 0.25) is 0 Å². The number of alkyl halides is 3. The summed E-state index contributed by atoms with van der Waals surface area (Å²) < 4.78 is 36.7. The molecule has 0 aromatic rings. The molecule has 0 aromatic carbocycles. The van der Waals surface area contributed by atoms with Crippen LogP contribution in [0.15, 0.2) is 0 Å². The van der Waals surface area contributed by atoms with Gasteiger partial charge in [-0.3, -0.25) is 0 Å². The molecule has 0 saturated heterocycles. The van der Waals surface area contributed by atoms with Crippen LogP contribution >= 0.6 is 0 Å². The first-order chi connectivity index (χ1) is 5.36. The van der Waals surface area contributed by atoms with Crippen LogP contribution in [0.25, 0.3) is 0 Å². The van der Waals surface area contributed by atoms with E-state index in [1.807, 2.05) is 0 Å². The highest BCUT2D eigenvalue weighted by Crippen LogP contribution is 2.43. The summed E-state index contributed by atoms with van der Waals surface area (Å²) in [6.07, 6.45) is -1.89. The van der Waals surface area contributed by atoms with Crippen molar-refractivity contribution in [3.05, 3.63) is 0 Å². The fraction of sp³-hybridized carbons (Fsp3) is 1.00. The molecule has 1 rings (SSSR count). The molecule has 1 nitrogen and oxygen atoms in total. The van der Waals surface area contributed by atoms with Gasteiger partial charge >= 0.3 is 6.18 Å². The monoisotopic (exact) mass is 182 g/mol. The van der Waals surface area contributed by atoms with Gasteiger partial charge in [0.05, 0.1) is 0 Å². The van der Waals surface area contributed by atoms with Crippen molar-refractivity contribution in [2.24, 2.45) is 5.92 Å². The van der Waals surface area contributed by atoms with E-state index in [4.69, 9.17) is 0 Å². The zero-order valence-electron chi connectivity index (χ0n) is 6.99. The Labute approximate surface area is 69.6 Å². The first-order valence-electron chi connectivity index (χ1n) is 4.15. The number of halogens is 3. The van der Waals surface area contributed by atoms with E-state index in [-0.39, 0.29) is 0 Å². The Morgan fingerprint density at radius 3 is 1.92 bits per heavy atom. The van der Waals surface area contributed by atoms with E-state index in [0.29, 0.717) is 12.8 Å². The van der Waals surface area contributed by atoms with Gasteiger partial charge < -0.3 is 5.11 Å². The zero-order chi connectivity index (χ0) is 9.41. The average Bonchev–Trinajstić information content (AvgIpc) is 2.34. The Morgan fingerprint density at radius 2 is 1.58 bits per heavy atom. The fourth-order valence-electron chi connectivity index (χ4n) is 1.72. The van der Waals surface area contributed by atoms with Gasteiger partial charge in [-0.15, -0.1) is 0 Å². The van der Waals surface area contributed by atoms with E-state index < -0.39 is 17.7 Å². The lowest BCUT2D eigenvalue weighted by atomic mass is 9.87. The van der Waals surface area contributed by atoms with Crippen LogP contribution in [0.5, 0.6) is 0 Å². The predicted octanol–water partition coefficient (Wildman–Crippen LogP) is 2.49. The Hall–Kier alpha value is -0.250. The van der Waals surface area contributed by atoms with Crippen LogP contribution in [0.1, 0.15) is 32.6 Å². The Morgan fingerprint density at radius 1 is 1.17 bits per heavy atom. The van der Waals surface area contributed by atoms with E-state index in [0.717, 1.165) is 19.8 Å². The van der Waals surface area contributed by atoms with Crippen molar-refractivity contribution in [1.29, 1.82) is 0 Å². The van der Waals surface area contributed by atoms with E-state index in [1.54, 1.807) is 0 Å². The van der Waals surface area contributed by atoms with Gasteiger partial charge in [0, 0.05) is 0 Å². The van der Waals surface area contributed by atoms with Crippen molar-refractivity contribution in [2.45, 2.75) is 44.4 Å². The molecule has 1 atom stereocenters. The molecule has 1 saturated carbocycles. The normalized spacial score (nSPS) is 25.8. The van der Waals surface area contributed by atoms with Gasteiger partial charge in [0.25, 0.3) is 0 Å². The molecule has 1 unspecified atom stereocenters. The third-order valence-corrected chi connectivity index (χ3v) is 2.72. The lowest BCUT2D eigenvalue weighted by molar-refractivity contribution is -0.271. The second kappa shape index (κ2) is 2.91. The van der Waals surface area contributed by atoms with Gasteiger partial charge in [0.1, 0.15) is 0 Å². The van der Waals surface area contributed by atoms with Crippen molar-refractivity contribution < 1.29 is 18.3 Å². The van der Waals surface area contributed by atoms with Gasteiger partial charge in [-0.05, 0) is 25.7 Å². The zero-order valence-corrected chi connectivity index (χ0v) is 6.99. The Kier molecular flexibility index (Phi) is 2.38. The predicted molar refractivity (Wildman–Crippen MR) is 38.6 cm³/mol. The van der Waals surface area contributed by atoms with Gasteiger partial charge in [-0.1, -0.05) is 12.8 Å². The minimum Gasteiger partial charge on any atom is -0.380 e. The molecule has 12 heavy (non-hydrogen) atoms. The second-order valence-electron chi connectivity index (χ2n) is 3.63. The molecule has 1 aliphatic rings. The van der Waals surface area contributed by atoms with Crippen LogP contribution in [0.3, 0.4) is 0 Å². The summed E-state index contributed by atoms with van der Waals surface area (Å²) in [6.45, 7) is 0.878. The molecule has 0 amide bonds. The molecule has 72 valence electrons. The van der Waals surface area contributed by atoms with Crippen LogP contribution in [0.4, 0.5) is 13.2 Å². The van der Waals surface area contributed by atoms with E-state index in [9.17, 15) is 18.3 Å². The highest BCUT2D eigenvalue weighted by Gasteiger charge is 2.54. The summed E-state index contributed by atoms with van der Waals surface area (Å²) in [6, 6.07) is 0. The summed E-state index contributed by atoms with van der Waals surface area (Å²) in [5.41, 5.74) is -2.48. The SMILES string of the molecule is CC(O)(C1CCCC1)C(F)(F)F. The highest BCUT2D eigenvalue weighted by molar-refractivity contribution is 4.91. The number of aliphatic hydroxyl groups is 1. The van der Waals surface area contributed by atoms with Crippen molar-refractivity contribution in [1.82, 2.24) is 0 Å². The highest BCUT2D eigenvalue weighted by atomic mass is 19.4. The lowest BCUT2D eigenvalue weighted by Crippen LogP contribution is -2.47. The maximum atomic E-state index is 12.2. The molecule has 0 aliphatic heterocycles. The maximum absolute atomic E-state index is 12.2. The minimum absolute atomic E-state index is 0.493. The lowest BCUT2D eigenvalue weighted by Gasteiger charge is -2.31. The summed E-state index contributed by atoms with van der Waals surface area (Å²) in [4.78, 5) is 0. The van der Waals surface area contributed by atoms with Gasteiger partial charge in [-0.2, -0.15) is 13.2 Å². The smallest absolute Gasteiger partial charge is 0.380 e. The summed E-state index contributed by atoms with van der Waals surface area (Å²) in [7, 11) is 0.